The van der Waals surface area contributed by atoms with Gasteiger partial charge in [-0.2, -0.15) is 0 Å². The van der Waals surface area contributed by atoms with Crippen molar-refractivity contribution < 1.29 is 4.74 Å². The third-order valence-corrected chi connectivity index (χ3v) is 4.35. The monoisotopic (exact) mass is 328 g/mol. The van der Waals surface area contributed by atoms with Gasteiger partial charge >= 0.3 is 0 Å². The van der Waals surface area contributed by atoms with E-state index in [2.05, 4.69) is 35.1 Å². The smallest absolute Gasteiger partial charge is 0.182 e. The molecule has 1 aliphatic heterocycles. The van der Waals surface area contributed by atoms with Crippen LogP contribution >= 0.6 is 0 Å². The van der Waals surface area contributed by atoms with Gasteiger partial charge in [-0.3, -0.25) is 4.68 Å². The molecule has 9 nitrogen and oxygen atoms in total. The second-order valence-corrected chi connectivity index (χ2v) is 6.12. The highest BCUT2D eigenvalue weighted by Gasteiger charge is 2.23. The zero-order valence-electron chi connectivity index (χ0n) is 13.6. The molecule has 1 saturated heterocycles. The first kappa shape index (κ1) is 15.0. The van der Waals surface area contributed by atoms with Crippen molar-refractivity contribution in [3.8, 4) is 0 Å². The molecule has 1 N–H and O–H groups in total. The summed E-state index contributed by atoms with van der Waals surface area (Å²) in [7, 11) is 1.66. The van der Waals surface area contributed by atoms with Gasteiger partial charge in [0.15, 0.2) is 11.5 Å². The topological polar surface area (TPSA) is 97.6 Å². The lowest BCUT2D eigenvalue weighted by molar-refractivity contribution is 0.181. The van der Waals surface area contributed by atoms with Crippen LogP contribution in [0, 0.1) is 5.92 Å². The number of ether oxygens (including phenoxy) is 1. The van der Waals surface area contributed by atoms with Gasteiger partial charge in [0.05, 0.1) is 19.1 Å². The summed E-state index contributed by atoms with van der Waals surface area (Å²) in [6.07, 6.45) is 7.50. The number of hydrogen-bond acceptors (Lipinski definition) is 7. The molecular weight excluding hydrogens is 308 g/mol. The molecule has 0 bridgehead atoms. The molecular formula is C15H20N8O. The molecule has 4 rings (SSSR count). The van der Waals surface area contributed by atoms with Crippen LogP contribution in [0.1, 0.15) is 18.5 Å². The number of hydrogen-bond donors (Lipinski definition) is 1. The maximum Gasteiger partial charge on any atom is 0.182 e. The number of piperidine rings is 1. The molecule has 24 heavy (non-hydrogen) atoms. The van der Waals surface area contributed by atoms with E-state index >= 15 is 0 Å². The Kier molecular flexibility index (Phi) is 4.08. The summed E-state index contributed by atoms with van der Waals surface area (Å²) in [6, 6.07) is 0. The fourth-order valence-electron chi connectivity index (χ4n) is 3.30. The zero-order valence-corrected chi connectivity index (χ0v) is 13.6. The van der Waals surface area contributed by atoms with Gasteiger partial charge in [-0.15, -0.1) is 5.10 Å². The van der Waals surface area contributed by atoms with Crippen molar-refractivity contribution in [3.05, 3.63) is 24.5 Å². The normalized spacial score (nSPS) is 18.4. The number of nitrogens with one attached hydrogen (secondary N) is 1. The van der Waals surface area contributed by atoms with Gasteiger partial charge in [0.1, 0.15) is 17.5 Å². The Morgan fingerprint density at radius 1 is 1.33 bits per heavy atom. The number of rotatable bonds is 5. The molecule has 0 aromatic carbocycles. The number of fused-ring (bicyclic) bond motifs is 1. The van der Waals surface area contributed by atoms with Crippen LogP contribution in [0.2, 0.25) is 0 Å². The van der Waals surface area contributed by atoms with Crippen LogP contribution in [0.4, 0.5) is 5.82 Å². The van der Waals surface area contributed by atoms with E-state index in [-0.39, 0.29) is 0 Å². The number of methoxy groups -OCH3 is 1. The minimum Gasteiger partial charge on any atom is -0.378 e. The number of anilines is 1. The zero-order chi connectivity index (χ0) is 16.4. The Balaban J connectivity index is 1.48. The minimum absolute atomic E-state index is 0.496. The van der Waals surface area contributed by atoms with Crippen LogP contribution in [0.5, 0.6) is 0 Å². The van der Waals surface area contributed by atoms with E-state index in [1.165, 1.54) is 6.42 Å². The first-order chi connectivity index (χ1) is 11.8. The Bertz CT molecular complexity index is 813. The predicted octanol–water partition coefficient (Wildman–Crippen LogP) is 1.01. The Morgan fingerprint density at radius 2 is 2.29 bits per heavy atom. The lowest BCUT2D eigenvalue weighted by Crippen LogP contribution is -2.37. The van der Waals surface area contributed by atoms with E-state index in [9.17, 15) is 0 Å². The van der Waals surface area contributed by atoms with Crippen molar-refractivity contribution in [2.75, 3.05) is 25.1 Å². The SMILES string of the molecule is COCc1cn(CC2CCCN(c3ncnc4nc[nH]c34)C2)nn1. The van der Waals surface area contributed by atoms with Crippen LogP contribution in [0.15, 0.2) is 18.9 Å². The maximum absolute atomic E-state index is 5.09. The number of nitrogens with zero attached hydrogens (tertiary/aromatic N) is 7. The van der Waals surface area contributed by atoms with Crippen molar-refractivity contribution in [2.24, 2.45) is 5.92 Å². The standard InChI is InChI=1S/C15H20N8O/c1-24-8-12-7-23(21-20-12)6-11-3-2-4-22(5-11)15-13-14(17-9-16-13)18-10-19-15/h7,9-11H,2-6,8H2,1H3,(H,16,17,18,19). The van der Waals surface area contributed by atoms with Crippen LogP contribution in [-0.4, -0.2) is 55.1 Å². The largest absolute Gasteiger partial charge is 0.378 e. The lowest BCUT2D eigenvalue weighted by Gasteiger charge is -2.33. The summed E-state index contributed by atoms with van der Waals surface area (Å²) < 4.78 is 7.00. The molecule has 1 unspecified atom stereocenters. The Labute approximate surface area is 139 Å². The predicted molar refractivity (Wildman–Crippen MR) is 87.4 cm³/mol. The number of imidazole rings is 1. The molecule has 0 radical (unpaired) electrons. The third kappa shape index (κ3) is 2.94. The van der Waals surface area contributed by atoms with Gasteiger partial charge in [-0.25, -0.2) is 15.0 Å². The van der Waals surface area contributed by atoms with Gasteiger partial charge in [0.25, 0.3) is 0 Å². The second kappa shape index (κ2) is 6.52. The average molecular weight is 328 g/mol. The summed E-state index contributed by atoms with van der Waals surface area (Å²) in [5, 5.41) is 8.32. The molecule has 9 heteroatoms. The molecule has 3 aromatic heterocycles. The number of aromatic nitrogens is 7. The van der Waals surface area contributed by atoms with Crippen LogP contribution < -0.4 is 4.90 Å². The Morgan fingerprint density at radius 3 is 3.21 bits per heavy atom. The van der Waals surface area contributed by atoms with Crippen LogP contribution in [0.25, 0.3) is 11.2 Å². The highest BCUT2D eigenvalue weighted by molar-refractivity contribution is 5.82. The highest BCUT2D eigenvalue weighted by Crippen LogP contribution is 2.26. The van der Waals surface area contributed by atoms with Gasteiger partial charge in [-0.1, -0.05) is 5.21 Å². The van der Waals surface area contributed by atoms with Crippen molar-refractivity contribution in [1.29, 1.82) is 0 Å². The average Bonchev–Trinajstić information content (AvgIpc) is 3.24. The lowest BCUT2D eigenvalue weighted by atomic mass is 9.98. The fraction of sp³-hybridized carbons (Fsp3) is 0.533. The number of H-pyrrole nitrogens is 1. The summed E-state index contributed by atoms with van der Waals surface area (Å²) in [6.45, 7) is 3.28. The fourth-order valence-corrected chi connectivity index (χ4v) is 3.30. The minimum atomic E-state index is 0.496. The molecule has 0 aliphatic carbocycles. The van der Waals surface area contributed by atoms with E-state index in [0.29, 0.717) is 18.2 Å². The third-order valence-electron chi connectivity index (χ3n) is 4.35. The first-order valence-electron chi connectivity index (χ1n) is 8.10. The molecule has 1 fully saturated rings. The highest BCUT2D eigenvalue weighted by atomic mass is 16.5. The molecule has 3 aromatic rings. The second-order valence-electron chi connectivity index (χ2n) is 6.12. The van der Waals surface area contributed by atoms with E-state index in [4.69, 9.17) is 4.74 Å². The summed E-state index contributed by atoms with van der Waals surface area (Å²) in [5.74, 6) is 1.43. The van der Waals surface area contributed by atoms with E-state index < -0.39 is 0 Å². The first-order valence-corrected chi connectivity index (χ1v) is 8.10. The maximum atomic E-state index is 5.09. The quantitative estimate of drug-likeness (QED) is 0.746. The van der Waals surface area contributed by atoms with Crippen molar-refractivity contribution in [3.63, 3.8) is 0 Å². The van der Waals surface area contributed by atoms with Gasteiger partial charge in [-0.05, 0) is 18.8 Å². The summed E-state index contributed by atoms with van der Waals surface area (Å²) in [5.41, 5.74) is 2.48. The van der Waals surface area contributed by atoms with Gasteiger partial charge < -0.3 is 14.6 Å². The van der Waals surface area contributed by atoms with Crippen molar-refractivity contribution in [2.45, 2.75) is 26.0 Å². The summed E-state index contributed by atoms with van der Waals surface area (Å²) in [4.78, 5) is 18.3. The molecule has 0 amide bonds. The molecule has 4 heterocycles. The Hall–Kier alpha value is -2.55. The van der Waals surface area contributed by atoms with E-state index in [1.54, 1.807) is 19.8 Å². The number of aromatic amines is 1. The van der Waals surface area contributed by atoms with E-state index in [1.807, 2.05) is 10.9 Å². The molecule has 1 aliphatic rings. The van der Waals surface area contributed by atoms with Gasteiger partial charge in [0.2, 0.25) is 0 Å². The van der Waals surface area contributed by atoms with Crippen LogP contribution in [0.3, 0.4) is 0 Å². The van der Waals surface area contributed by atoms with Crippen LogP contribution in [-0.2, 0) is 17.9 Å². The summed E-state index contributed by atoms with van der Waals surface area (Å²) >= 11 is 0. The molecule has 126 valence electrons. The molecule has 1 atom stereocenters. The van der Waals surface area contributed by atoms with Crippen molar-refractivity contribution in [1.82, 2.24) is 34.9 Å². The van der Waals surface area contributed by atoms with Crippen molar-refractivity contribution >= 4 is 17.0 Å². The molecule has 0 saturated carbocycles. The van der Waals surface area contributed by atoms with Gasteiger partial charge in [0, 0.05) is 26.7 Å². The molecule has 0 spiro atoms. The van der Waals surface area contributed by atoms with E-state index in [0.717, 1.165) is 43.1 Å².